The normalized spacial score (nSPS) is 11.1. The molecule has 4 heteroatoms. The Bertz CT molecular complexity index is 839. The largest absolute Gasteiger partial charge is 0.493 e. The quantitative estimate of drug-likeness (QED) is 0.543. The molecule has 0 saturated heterocycles. The number of aromatic nitrogens is 1. The van der Waals surface area contributed by atoms with Gasteiger partial charge in [0.05, 0.1) is 17.5 Å². The SMILES string of the molecule is CCNCCCOc1cccc2[nH]c3ccccc3c(=O)c12. The lowest BCUT2D eigenvalue weighted by molar-refractivity contribution is 0.312. The fraction of sp³-hybridized carbons (Fsp3) is 0.278. The molecule has 0 fully saturated rings. The number of hydrogen-bond acceptors (Lipinski definition) is 3. The maximum atomic E-state index is 12.7. The molecule has 3 aromatic rings. The maximum Gasteiger partial charge on any atom is 0.200 e. The second kappa shape index (κ2) is 6.62. The molecule has 0 aliphatic rings. The molecule has 3 rings (SSSR count). The van der Waals surface area contributed by atoms with Gasteiger partial charge in [0, 0.05) is 10.9 Å². The highest BCUT2D eigenvalue weighted by Gasteiger charge is 2.10. The van der Waals surface area contributed by atoms with Crippen molar-refractivity contribution in [3.63, 3.8) is 0 Å². The minimum Gasteiger partial charge on any atom is -0.493 e. The van der Waals surface area contributed by atoms with Crippen molar-refractivity contribution in [2.75, 3.05) is 19.7 Å². The maximum absolute atomic E-state index is 12.7. The molecule has 4 nitrogen and oxygen atoms in total. The summed E-state index contributed by atoms with van der Waals surface area (Å²) in [6.45, 7) is 4.55. The molecule has 0 amide bonds. The van der Waals surface area contributed by atoms with Crippen molar-refractivity contribution in [2.45, 2.75) is 13.3 Å². The average Bonchev–Trinajstić information content (AvgIpc) is 2.55. The number of pyridine rings is 1. The van der Waals surface area contributed by atoms with Gasteiger partial charge in [-0.1, -0.05) is 25.1 Å². The number of rotatable bonds is 6. The zero-order valence-electron chi connectivity index (χ0n) is 12.7. The summed E-state index contributed by atoms with van der Waals surface area (Å²) in [5.74, 6) is 0.654. The van der Waals surface area contributed by atoms with E-state index in [0.717, 1.165) is 30.5 Å². The predicted molar refractivity (Wildman–Crippen MR) is 90.7 cm³/mol. The number of ether oxygens (including phenoxy) is 1. The fourth-order valence-corrected chi connectivity index (χ4v) is 2.62. The lowest BCUT2D eigenvalue weighted by atomic mass is 10.1. The number of para-hydroxylation sites is 1. The highest BCUT2D eigenvalue weighted by molar-refractivity contribution is 5.95. The van der Waals surface area contributed by atoms with E-state index in [1.807, 2.05) is 42.5 Å². The molecule has 0 aliphatic heterocycles. The molecule has 0 atom stereocenters. The Morgan fingerprint density at radius 1 is 1.09 bits per heavy atom. The fourth-order valence-electron chi connectivity index (χ4n) is 2.62. The summed E-state index contributed by atoms with van der Waals surface area (Å²) in [4.78, 5) is 16.0. The van der Waals surface area contributed by atoms with Crippen molar-refractivity contribution in [1.82, 2.24) is 10.3 Å². The summed E-state index contributed by atoms with van der Waals surface area (Å²) in [5.41, 5.74) is 1.68. The van der Waals surface area contributed by atoms with E-state index in [0.29, 0.717) is 23.1 Å². The van der Waals surface area contributed by atoms with Crippen LogP contribution in [0.25, 0.3) is 21.8 Å². The molecule has 0 spiro atoms. The van der Waals surface area contributed by atoms with Gasteiger partial charge >= 0.3 is 0 Å². The van der Waals surface area contributed by atoms with Crippen LogP contribution >= 0.6 is 0 Å². The van der Waals surface area contributed by atoms with Crippen LogP contribution in [0, 0.1) is 0 Å². The Balaban J connectivity index is 1.97. The first kappa shape index (κ1) is 14.6. The van der Waals surface area contributed by atoms with E-state index < -0.39 is 0 Å². The third-order valence-electron chi connectivity index (χ3n) is 3.70. The molecule has 2 aromatic carbocycles. The number of fused-ring (bicyclic) bond motifs is 2. The molecule has 1 heterocycles. The van der Waals surface area contributed by atoms with Crippen LogP contribution in [0.15, 0.2) is 47.3 Å². The lowest BCUT2D eigenvalue weighted by Gasteiger charge is -2.10. The first-order chi connectivity index (χ1) is 10.8. The van der Waals surface area contributed by atoms with Gasteiger partial charge in [-0.15, -0.1) is 0 Å². The van der Waals surface area contributed by atoms with Crippen LogP contribution in [0.2, 0.25) is 0 Å². The first-order valence-corrected chi connectivity index (χ1v) is 7.68. The van der Waals surface area contributed by atoms with E-state index >= 15 is 0 Å². The average molecular weight is 296 g/mol. The zero-order chi connectivity index (χ0) is 15.4. The lowest BCUT2D eigenvalue weighted by Crippen LogP contribution is -2.16. The van der Waals surface area contributed by atoms with Crippen LogP contribution in [0.5, 0.6) is 5.75 Å². The second-order valence-electron chi connectivity index (χ2n) is 5.23. The van der Waals surface area contributed by atoms with E-state index in [1.165, 1.54) is 0 Å². The molecule has 0 saturated carbocycles. The summed E-state index contributed by atoms with van der Waals surface area (Å²) in [7, 11) is 0. The Labute approximate surface area is 129 Å². The van der Waals surface area contributed by atoms with Crippen molar-refractivity contribution in [2.24, 2.45) is 0 Å². The third-order valence-corrected chi connectivity index (χ3v) is 3.70. The molecule has 1 aromatic heterocycles. The van der Waals surface area contributed by atoms with E-state index in [1.54, 1.807) is 0 Å². The molecular formula is C18H20N2O2. The number of hydrogen-bond donors (Lipinski definition) is 2. The van der Waals surface area contributed by atoms with Crippen LogP contribution in [-0.4, -0.2) is 24.7 Å². The van der Waals surface area contributed by atoms with Crippen LogP contribution < -0.4 is 15.5 Å². The van der Waals surface area contributed by atoms with E-state index in [4.69, 9.17) is 4.74 Å². The van der Waals surface area contributed by atoms with Gasteiger partial charge in [-0.3, -0.25) is 4.79 Å². The Morgan fingerprint density at radius 3 is 2.77 bits per heavy atom. The summed E-state index contributed by atoms with van der Waals surface area (Å²) < 4.78 is 5.84. The third kappa shape index (κ3) is 2.83. The summed E-state index contributed by atoms with van der Waals surface area (Å²) >= 11 is 0. The molecule has 0 bridgehead atoms. The minimum atomic E-state index is 0.0200. The monoisotopic (exact) mass is 296 g/mol. The van der Waals surface area contributed by atoms with Gasteiger partial charge in [-0.2, -0.15) is 0 Å². The number of benzene rings is 2. The van der Waals surface area contributed by atoms with E-state index in [9.17, 15) is 4.79 Å². The standard InChI is InChI=1S/C18H20N2O2/c1-2-19-11-6-12-22-16-10-5-9-15-17(16)18(21)13-7-3-4-8-14(13)20-15/h3-5,7-10,19H,2,6,11-12H2,1H3,(H,20,21). The van der Waals surface area contributed by atoms with Crippen molar-refractivity contribution in [1.29, 1.82) is 0 Å². The Hall–Kier alpha value is -2.33. The van der Waals surface area contributed by atoms with Crippen LogP contribution in [0.1, 0.15) is 13.3 Å². The molecule has 0 radical (unpaired) electrons. The van der Waals surface area contributed by atoms with Crippen molar-refractivity contribution < 1.29 is 4.74 Å². The van der Waals surface area contributed by atoms with Gasteiger partial charge in [0.2, 0.25) is 5.43 Å². The van der Waals surface area contributed by atoms with Gasteiger partial charge in [0.15, 0.2) is 0 Å². The predicted octanol–water partition coefficient (Wildman–Crippen LogP) is 3.06. The van der Waals surface area contributed by atoms with E-state index in [2.05, 4.69) is 17.2 Å². The van der Waals surface area contributed by atoms with Gasteiger partial charge in [-0.25, -0.2) is 0 Å². The molecule has 0 aliphatic carbocycles. The smallest absolute Gasteiger partial charge is 0.200 e. The van der Waals surface area contributed by atoms with Crippen LogP contribution in [0.4, 0.5) is 0 Å². The summed E-state index contributed by atoms with van der Waals surface area (Å²) in [5, 5.41) is 4.58. The highest BCUT2D eigenvalue weighted by Crippen LogP contribution is 2.23. The highest BCUT2D eigenvalue weighted by atomic mass is 16.5. The molecule has 2 N–H and O–H groups in total. The number of H-pyrrole nitrogens is 1. The van der Waals surface area contributed by atoms with Gasteiger partial charge in [0.25, 0.3) is 0 Å². The minimum absolute atomic E-state index is 0.0200. The Kier molecular flexibility index (Phi) is 4.39. The number of aromatic amines is 1. The first-order valence-electron chi connectivity index (χ1n) is 7.68. The topological polar surface area (TPSA) is 54.1 Å². The van der Waals surface area contributed by atoms with Crippen molar-refractivity contribution in [3.05, 3.63) is 52.7 Å². The van der Waals surface area contributed by atoms with Gasteiger partial charge < -0.3 is 15.0 Å². The summed E-state index contributed by atoms with van der Waals surface area (Å²) in [6.07, 6.45) is 0.912. The second-order valence-corrected chi connectivity index (χ2v) is 5.23. The van der Waals surface area contributed by atoms with Crippen LogP contribution in [0.3, 0.4) is 0 Å². The van der Waals surface area contributed by atoms with Crippen molar-refractivity contribution in [3.8, 4) is 5.75 Å². The van der Waals surface area contributed by atoms with Crippen LogP contribution in [-0.2, 0) is 0 Å². The van der Waals surface area contributed by atoms with Gasteiger partial charge in [-0.05, 0) is 43.8 Å². The van der Waals surface area contributed by atoms with Crippen molar-refractivity contribution >= 4 is 21.8 Å². The molecule has 114 valence electrons. The van der Waals surface area contributed by atoms with E-state index in [-0.39, 0.29) is 5.43 Å². The molecule has 22 heavy (non-hydrogen) atoms. The Morgan fingerprint density at radius 2 is 1.91 bits per heavy atom. The zero-order valence-corrected chi connectivity index (χ0v) is 12.7. The summed E-state index contributed by atoms with van der Waals surface area (Å²) in [6, 6.07) is 13.2. The molecular weight excluding hydrogens is 276 g/mol. The number of nitrogens with one attached hydrogen (secondary N) is 2. The molecule has 0 unspecified atom stereocenters. The van der Waals surface area contributed by atoms with Gasteiger partial charge in [0.1, 0.15) is 5.75 Å².